The van der Waals surface area contributed by atoms with Crippen LogP contribution in [0.4, 0.5) is 0 Å². The molecule has 152 valence electrons. The number of thioether (sulfide) groups is 1. The number of piperazine rings is 1. The van der Waals surface area contributed by atoms with Gasteiger partial charge >= 0.3 is 0 Å². The third-order valence-corrected chi connectivity index (χ3v) is 7.28. The van der Waals surface area contributed by atoms with Crippen LogP contribution in [0.5, 0.6) is 0 Å². The zero-order valence-corrected chi connectivity index (χ0v) is 17.6. The smallest absolute Gasteiger partial charge is 0.237 e. The molecule has 3 rings (SSSR count). The van der Waals surface area contributed by atoms with Crippen molar-refractivity contribution in [1.29, 1.82) is 0 Å². The van der Waals surface area contributed by atoms with Gasteiger partial charge in [0.2, 0.25) is 21.8 Å². The number of hydrogen-bond donors (Lipinski definition) is 1. The predicted molar refractivity (Wildman–Crippen MR) is 106 cm³/mol. The average molecular weight is 445 g/mol. The lowest BCUT2D eigenvalue weighted by atomic mass is 10.3. The minimum Gasteiger partial charge on any atom is -0.368 e. The molecule has 13 heteroatoms. The van der Waals surface area contributed by atoms with E-state index in [0.29, 0.717) is 24.1 Å². The van der Waals surface area contributed by atoms with E-state index < -0.39 is 15.9 Å². The van der Waals surface area contributed by atoms with Crippen LogP contribution in [-0.2, 0) is 26.2 Å². The van der Waals surface area contributed by atoms with E-state index in [1.807, 2.05) is 17.5 Å². The molecule has 0 saturated carbocycles. The number of primary amides is 1. The van der Waals surface area contributed by atoms with Gasteiger partial charge in [-0.25, -0.2) is 8.42 Å². The third kappa shape index (κ3) is 4.90. The number of nitrogens with two attached hydrogens (primary N) is 1. The van der Waals surface area contributed by atoms with Crippen LogP contribution < -0.4 is 5.73 Å². The monoisotopic (exact) mass is 444 g/mol. The van der Waals surface area contributed by atoms with Gasteiger partial charge in [-0.2, -0.15) is 4.31 Å². The van der Waals surface area contributed by atoms with E-state index in [0.717, 1.165) is 11.1 Å². The molecule has 0 atom stereocenters. The van der Waals surface area contributed by atoms with E-state index in [9.17, 15) is 18.0 Å². The SMILES string of the molecule is CS(=O)(=O)N1CCN(C(=O)CSc2nnc(-c3cccs3)n2CC(N)=O)CC1. The van der Waals surface area contributed by atoms with Gasteiger partial charge in [0.15, 0.2) is 11.0 Å². The molecule has 28 heavy (non-hydrogen) atoms. The van der Waals surface area contributed by atoms with E-state index in [2.05, 4.69) is 10.2 Å². The molecule has 2 N–H and O–H groups in total. The summed E-state index contributed by atoms with van der Waals surface area (Å²) in [5.74, 6) is -0.00197. The van der Waals surface area contributed by atoms with Crippen molar-refractivity contribution < 1.29 is 18.0 Å². The van der Waals surface area contributed by atoms with Crippen LogP contribution in [0, 0.1) is 0 Å². The Morgan fingerprint density at radius 1 is 1.25 bits per heavy atom. The number of thiophene rings is 1. The molecule has 0 spiro atoms. The molecule has 10 nitrogen and oxygen atoms in total. The van der Waals surface area contributed by atoms with E-state index in [1.54, 1.807) is 9.47 Å². The Morgan fingerprint density at radius 3 is 2.54 bits per heavy atom. The van der Waals surface area contributed by atoms with Crippen LogP contribution in [-0.4, -0.2) is 82.4 Å². The van der Waals surface area contributed by atoms with Crippen LogP contribution in [0.25, 0.3) is 10.7 Å². The van der Waals surface area contributed by atoms with E-state index in [-0.39, 0.29) is 31.3 Å². The van der Waals surface area contributed by atoms with Crippen molar-refractivity contribution in [3.8, 4) is 10.7 Å². The van der Waals surface area contributed by atoms with Crippen LogP contribution >= 0.6 is 23.1 Å². The van der Waals surface area contributed by atoms with E-state index >= 15 is 0 Å². The summed E-state index contributed by atoms with van der Waals surface area (Å²) in [5, 5.41) is 10.6. The van der Waals surface area contributed by atoms with Gasteiger partial charge in [-0.05, 0) is 11.4 Å². The lowest BCUT2D eigenvalue weighted by molar-refractivity contribution is -0.129. The minimum absolute atomic E-state index is 0.0796. The van der Waals surface area contributed by atoms with Crippen molar-refractivity contribution in [3.05, 3.63) is 17.5 Å². The van der Waals surface area contributed by atoms with Crippen molar-refractivity contribution in [2.75, 3.05) is 38.2 Å². The van der Waals surface area contributed by atoms with Crippen molar-refractivity contribution in [2.45, 2.75) is 11.7 Å². The second-order valence-corrected chi connectivity index (χ2v) is 10.0. The molecular formula is C15H20N6O4S3. The first-order valence-electron chi connectivity index (χ1n) is 8.37. The Hall–Kier alpha value is -1.96. The summed E-state index contributed by atoms with van der Waals surface area (Å²) in [6, 6.07) is 3.74. The number of sulfonamides is 1. The largest absolute Gasteiger partial charge is 0.368 e. The van der Waals surface area contributed by atoms with E-state index in [4.69, 9.17) is 5.73 Å². The summed E-state index contributed by atoms with van der Waals surface area (Å²) >= 11 is 2.64. The summed E-state index contributed by atoms with van der Waals surface area (Å²) in [5.41, 5.74) is 5.35. The van der Waals surface area contributed by atoms with Gasteiger partial charge in [-0.15, -0.1) is 21.5 Å². The molecule has 3 heterocycles. The van der Waals surface area contributed by atoms with Crippen LogP contribution in [0.15, 0.2) is 22.7 Å². The van der Waals surface area contributed by atoms with Gasteiger partial charge < -0.3 is 10.6 Å². The van der Waals surface area contributed by atoms with Crippen molar-refractivity contribution in [2.24, 2.45) is 5.73 Å². The zero-order chi connectivity index (χ0) is 20.3. The van der Waals surface area contributed by atoms with Crippen LogP contribution in [0.3, 0.4) is 0 Å². The second kappa shape index (κ2) is 8.59. The van der Waals surface area contributed by atoms with Crippen LogP contribution in [0.2, 0.25) is 0 Å². The Kier molecular flexibility index (Phi) is 6.37. The van der Waals surface area contributed by atoms with Crippen molar-refractivity contribution >= 4 is 44.9 Å². The summed E-state index contributed by atoms with van der Waals surface area (Å²) in [6.45, 7) is 1.19. The molecule has 1 saturated heterocycles. The number of carbonyl (C=O) groups excluding carboxylic acids is 2. The molecular weight excluding hydrogens is 424 g/mol. The third-order valence-electron chi connectivity index (χ3n) is 4.16. The second-order valence-electron chi connectivity index (χ2n) is 6.17. The molecule has 0 aromatic carbocycles. The maximum Gasteiger partial charge on any atom is 0.237 e. The number of hydrogen-bond acceptors (Lipinski definition) is 8. The predicted octanol–water partition coefficient (Wildman–Crippen LogP) is -0.312. The average Bonchev–Trinajstić information content (AvgIpc) is 3.28. The summed E-state index contributed by atoms with van der Waals surface area (Å²) < 4.78 is 26.1. The summed E-state index contributed by atoms with van der Waals surface area (Å²) in [7, 11) is -3.24. The molecule has 2 aromatic rings. The van der Waals surface area contributed by atoms with Gasteiger partial charge in [-0.1, -0.05) is 17.8 Å². The normalized spacial score (nSPS) is 15.7. The first-order valence-corrected chi connectivity index (χ1v) is 12.1. The van der Waals surface area contributed by atoms with Gasteiger partial charge in [-0.3, -0.25) is 14.2 Å². The van der Waals surface area contributed by atoms with Gasteiger partial charge in [0.05, 0.1) is 16.9 Å². The maximum absolute atomic E-state index is 12.5. The number of amides is 2. The Morgan fingerprint density at radius 2 is 1.96 bits per heavy atom. The molecule has 1 aliphatic rings. The topological polar surface area (TPSA) is 131 Å². The zero-order valence-electron chi connectivity index (χ0n) is 15.1. The fourth-order valence-corrected chi connectivity index (χ4v) is 5.15. The number of aromatic nitrogens is 3. The Labute approximate surface area is 170 Å². The highest BCUT2D eigenvalue weighted by Crippen LogP contribution is 2.27. The first kappa shape index (κ1) is 20.8. The van der Waals surface area contributed by atoms with Gasteiger partial charge in [0, 0.05) is 26.2 Å². The highest BCUT2D eigenvalue weighted by atomic mass is 32.2. The van der Waals surface area contributed by atoms with Crippen LogP contribution in [0.1, 0.15) is 0 Å². The van der Waals surface area contributed by atoms with Gasteiger partial charge in [0.1, 0.15) is 6.54 Å². The Bertz CT molecular complexity index is 949. The highest BCUT2D eigenvalue weighted by Gasteiger charge is 2.26. The quantitative estimate of drug-likeness (QED) is 0.579. The van der Waals surface area contributed by atoms with Gasteiger partial charge in [0.25, 0.3) is 0 Å². The van der Waals surface area contributed by atoms with E-state index in [1.165, 1.54) is 27.4 Å². The molecule has 0 unspecified atom stereocenters. The minimum atomic E-state index is -3.24. The first-order chi connectivity index (χ1) is 13.3. The number of nitrogens with zero attached hydrogens (tertiary/aromatic N) is 5. The molecule has 1 aliphatic heterocycles. The molecule has 1 fully saturated rings. The molecule has 0 radical (unpaired) electrons. The molecule has 2 aromatic heterocycles. The molecule has 0 aliphatic carbocycles. The fraction of sp³-hybridized carbons (Fsp3) is 0.467. The van der Waals surface area contributed by atoms with Crippen molar-refractivity contribution in [3.63, 3.8) is 0 Å². The fourth-order valence-electron chi connectivity index (χ4n) is 2.77. The molecule has 0 bridgehead atoms. The summed E-state index contributed by atoms with van der Waals surface area (Å²) in [4.78, 5) is 26.4. The number of rotatable bonds is 7. The Balaban J connectivity index is 1.64. The highest BCUT2D eigenvalue weighted by molar-refractivity contribution is 7.99. The number of carbonyl (C=O) groups is 2. The van der Waals surface area contributed by atoms with Crippen molar-refractivity contribution in [1.82, 2.24) is 24.0 Å². The lowest BCUT2D eigenvalue weighted by Gasteiger charge is -2.33. The maximum atomic E-state index is 12.5. The molecule has 2 amide bonds. The summed E-state index contributed by atoms with van der Waals surface area (Å²) in [6.07, 6.45) is 1.16. The standard InChI is InChI=1S/C15H20N6O4S3/c1-28(24,25)20-6-4-19(5-7-20)13(23)10-27-15-18-17-14(11-3-2-8-26-11)21(15)9-12(16)22/h2-3,8H,4-7,9-10H2,1H3,(H2,16,22). The lowest BCUT2D eigenvalue weighted by Crippen LogP contribution is -2.50.